The number of amides is 1. The van der Waals surface area contributed by atoms with Gasteiger partial charge in [-0.1, -0.05) is 36.8 Å². The minimum Gasteiger partial charge on any atom is -0.341 e. The van der Waals surface area contributed by atoms with Gasteiger partial charge in [-0.25, -0.2) is 9.48 Å². The quantitative estimate of drug-likeness (QED) is 0.787. The zero-order valence-electron chi connectivity index (χ0n) is 16.8. The zero-order chi connectivity index (χ0) is 20.8. The summed E-state index contributed by atoms with van der Waals surface area (Å²) in [6.07, 6.45) is 2.71. The van der Waals surface area contributed by atoms with Crippen LogP contribution in [-0.4, -0.2) is 38.2 Å². The predicted molar refractivity (Wildman–Crippen MR) is 104 cm³/mol. The summed E-state index contributed by atoms with van der Waals surface area (Å²) < 4.78 is 31.7. The van der Waals surface area contributed by atoms with Gasteiger partial charge in [0, 0.05) is 25.1 Å². The monoisotopic (exact) mass is 404 g/mol. The number of alkyl halides is 2. The van der Waals surface area contributed by atoms with Crippen LogP contribution in [0.15, 0.2) is 29.1 Å². The topological polar surface area (TPSA) is 60.1 Å². The number of nitrogens with zero attached hydrogens (tertiary/aromatic N) is 4. The zero-order valence-corrected chi connectivity index (χ0v) is 16.8. The molecule has 1 amide bonds. The van der Waals surface area contributed by atoms with Gasteiger partial charge < -0.3 is 4.90 Å². The number of rotatable bonds is 4. The minimum atomic E-state index is -3.23. The number of aromatic nitrogens is 3. The average molecular weight is 404 g/mol. The van der Waals surface area contributed by atoms with Crippen LogP contribution >= 0.6 is 0 Å². The van der Waals surface area contributed by atoms with E-state index in [0.717, 1.165) is 16.7 Å². The Kier molecular flexibility index (Phi) is 5.04. The van der Waals surface area contributed by atoms with Crippen LogP contribution in [0, 0.1) is 12.8 Å². The third-order valence-corrected chi connectivity index (χ3v) is 5.97. The van der Waals surface area contributed by atoms with E-state index in [-0.39, 0.29) is 11.5 Å². The van der Waals surface area contributed by atoms with E-state index >= 15 is 0 Å². The maximum atomic E-state index is 14.8. The highest BCUT2D eigenvalue weighted by atomic mass is 19.3. The van der Waals surface area contributed by atoms with E-state index in [0.29, 0.717) is 44.1 Å². The second kappa shape index (κ2) is 7.39. The van der Waals surface area contributed by atoms with Gasteiger partial charge in [0.05, 0.1) is 0 Å². The van der Waals surface area contributed by atoms with Crippen molar-refractivity contribution in [3.05, 3.63) is 51.7 Å². The molecule has 2 aromatic rings. The van der Waals surface area contributed by atoms with Gasteiger partial charge in [0.15, 0.2) is 0 Å². The Labute approximate surface area is 168 Å². The van der Waals surface area contributed by atoms with Crippen LogP contribution in [-0.2, 0) is 23.7 Å². The summed E-state index contributed by atoms with van der Waals surface area (Å²) in [5.41, 5.74) is 0.105. The molecule has 2 aliphatic rings. The Balaban J connectivity index is 1.61. The number of fused-ring (bicyclic) bond motifs is 1. The van der Waals surface area contributed by atoms with Gasteiger partial charge in [-0.05, 0) is 32.1 Å². The van der Waals surface area contributed by atoms with Crippen LogP contribution in [0.25, 0.3) is 0 Å². The van der Waals surface area contributed by atoms with E-state index in [1.165, 1.54) is 16.7 Å². The second-order valence-corrected chi connectivity index (χ2v) is 8.38. The van der Waals surface area contributed by atoms with E-state index in [1.54, 1.807) is 17.0 Å². The van der Waals surface area contributed by atoms with Crippen molar-refractivity contribution in [1.82, 2.24) is 19.2 Å². The number of benzene rings is 1. The minimum absolute atomic E-state index is 0.0951. The first-order valence-electron chi connectivity index (χ1n) is 10.2. The third kappa shape index (κ3) is 3.72. The largest absolute Gasteiger partial charge is 0.346 e. The van der Waals surface area contributed by atoms with Crippen LogP contribution in [0.3, 0.4) is 0 Å². The lowest BCUT2D eigenvalue weighted by Crippen LogP contribution is -2.42. The first kappa shape index (κ1) is 19.8. The maximum Gasteiger partial charge on any atom is 0.346 e. The number of hydrogen-bond donors (Lipinski definition) is 0. The lowest BCUT2D eigenvalue weighted by atomic mass is 10.0. The average Bonchev–Trinajstić information content (AvgIpc) is 3.25. The fraction of sp³-hybridized carbons (Fsp3) is 0.571. The van der Waals surface area contributed by atoms with Gasteiger partial charge >= 0.3 is 5.69 Å². The van der Waals surface area contributed by atoms with Crippen LogP contribution in [0.5, 0.6) is 0 Å². The smallest absolute Gasteiger partial charge is 0.341 e. The molecule has 6 nitrogen and oxygen atoms in total. The van der Waals surface area contributed by atoms with Crippen molar-refractivity contribution in [3.8, 4) is 0 Å². The molecular formula is C21H26F2N4O2. The van der Waals surface area contributed by atoms with E-state index in [9.17, 15) is 18.4 Å². The molecule has 0 radical (unpaired) electrons. The summed E-state index contributed by atoms with van der Waals surface area (Å²) in [6.45, 7) is 4.45. The van der Waals surface area contributed by atoms with Crippen LogP contribution < -0.4 is 5.69 Å². The molecule has 0 spiro atoms. The highest BCUT2D eigenvalue weighted by Gasteiger charge is 2.38. The Morgan fingerprint density at radius 3 is 2.62 bits per heavy atom. The molecule has 8 heteroatoms. The second-order valence-electron chi connectivity index (χ2n) is 8.38. The van der Waals surface area contributed by atoms with Crippen molar-refractivity contribution in [1.29, 1.82) is 0 Å². The first-order chi connectivity index (χ1) is 13.8. The lowest BCUT2D eigenvalue weighted by molar-refractivity contribution is -0.134. The number of carbonyl (C=O) groups excluding carboxylic acids is 1. The molecule has 0 bridgehead atoms. The van der Waals surface area contributed by atoms with E-state index in [2.05, 4.69) is 12.0 Å². The Morgan fingerprint density at radius 2 is 1.97 bits per heavy atom. The van der Waals surface area contributed by atoms with Crippen LogP contribution in [0.2, 0.25) is 0 Å². The molecule has 1 fully saturated rings. The normalized spacial score (nSPS) is 22.0. The highest BCUT2D eigenvalue weighted by Crippen LogP contribution is 2.31. The number of carbonyl (C=O) groups is 1. The predicted octanol–water partition coefficient (Wildman–Crippen LogP) is 2.89. The molecule has 0 unspecified atom stereocenters. The van der Waals surface area contributed by atoms with Crippen LogP contribution in [0.1, 0.15) is 49.2 Å². The SMILES string of the molecule is Cc1ccc(C(F)(F)Cn2nc3n(c2=O)[C@H](C(=O)N2CC[C@H](C)C2)CCC3)cc1. The van der Waals surface area contributed by atoms with E-state index < -0.39 is 24.2 Å². The Hall–Kier alpha value is -2.51. The molecule has 3 heterocycles. The molecular weight excluding hydrogens is 378 g/mol. The molecule has 0 N–H and O–H groups in total. The first-order valence-corrected chi connectivity index (χ1v) is 10.2. The fourth-order valence-electron chi connectivity index (χ4n) is 4.29. The number of halogens is 2. The molecule has 2 atom stereocenters. The summed E-state index contributed by atoms with van der Waals surface area (Å²) in [6, 6.07) is 5.35. The summed E-state index contributed by atoms with van der Waals surface area (Å²) in [5, 5.41) is 4.17. The lowest BCUT2D eigenvalue weighted by Gasteiger charge is -2.27. The standard InChI is InChI=1S/C21H26F2N4O2/c1-14-6-8-16(9-7-14)21(22,23)13-26-20(29)27-17(4-3-5-18(27)24-26)19(28)25-11-10-15(2)12-25/h6-9,15,17H,3-5,10-13H2,1-2H3/t15-,17-/m0/s1. The van der Waals surface area contributed by atoms with Gasteiger partial charge in [-0.3, -0.25) is 9.36 Å². The van der Waals surface area contributed by atoms with Crippen molar-refractivity contribution in [2.45, 2.75) is 58.0 Å². The molecule has 2 aliphatic heterocycles. The van der Waals surface area contributed by atoms with Crippen molar-refractivity contribution >= 4 is 5.91 Å². The summed E-state index contributed by atoms with van der Waals surface area (Å²) >= 11 is 0. The summed E-state index contributed by atoms with van der Waals surface area (Å²) in [5.74, 6) is -2.46. The van der Waals surface area contributed by atoms with Gasteiger partial charge in [-0.15, -0.1) is 0 Å². The summed E-state index contributed by atoms with van der Waals surface area (Å²) in [7, 11) is 0. The van der Waals surface area contributed by atoms with Crippen molar-refractivity contribution in [2.75, 3.05) is 13.1 Å². The summed E-state index contributed by atoms with van der Waals surface area (Å²) in [4.78, 5) is 27.7. The number of likely N-dealkylation sites (tertiary alicyclic amines) is 1. The molecule has 1 aromatic heterocycles. The third-order valence-electron chi connectivity index (χ3n) is 5.97. The maximum absolute atomic E-state index is 14.8. The number of aryl methyl sites for hydroxylation is 2. The van der Waals surface area contributed by atoms with Crippen LogP contribution in [0.4, 0.5) is 8.78 Å². The van der Waals surface area contributed by atoms with Gasteiger partial charge in [0.2, 0.25) is 5.91 Å². The van der Waals surface area contributed by atoms with Gasteiger partial charge in [-0.2, -0.15) is 13.9 Å². The van der Waals surface area contributed by atoms with Crippen molar-refractivity contribution in [2.24, 2.45) is 5.92 Å². The molecule has 0 aliphatic carbocycles. The van der Waals surface area contributed by atoms with Gasteiger partial charge in [0.25, 0.3) is 5.92 Å². The Bertz CT molecular complexity index is 964. The molecule has 4 rings (SSSR count). The van der Waals surface area contributed by atoms with Crippen molar-refractivity contribution in [3.63, 3.8) is 0 Å². The Morgan fingerprint density at radius 1 is 1.24 bits per heavy atom. The molecule has 1 saturated heterocycles. The molecule has 156 valence electrons. The fourth-order valence-corrected chi connectivity index (χ4v) is 4.29. The van der Waals surface area contributed by atoms with E-state index in [1.807, 2.05) is 6.92 Å². The van der Waals surface area contributed by atoms with E-state index in [4.69, 9.17) is 0 Å². The number of hydrogen-bond acceptors (Lipinski definition) is 3. The molecule has 0 saturated carbocycles. The molecule has 1 aromatic carbocycles. The van der Waals surface area contributed by atoms with Crippen molar-refractivity contribution < 1.29 is 13.6 Å². The van der Waals surface area contributed by atoms with Gasteiger partial charge in [0.1, 0.15) is 18.4 Å². The highest BCUT2D eigenvalue weighted by molar-refractivity contribution is 5.81. The molecule has 29 heavy (non-hydrogen) atoms.